The summed E-state index contributed by atoms with van der Waals surface area (Å²) >= 11 is 0. The highest BCUT2D eigenvalue weighted by Gasteiger charge is 2.29. The van der Waals surface area contributed by atoms with Gasteiger partial charge in [-0.15, -0.1) is 0 Å². The van der Waals surface area contributed by atoms with Gasteiger partial charge in [0.05, 0.1) is 0 Å². The van der Waals surface area contributed by atoms with Gasteiger partial charge < -0.3 is 10.6 Å². The number of nitrogen functional groups attached to an aromatic ring is 1. The first-order chi connectivity index (χ1) is 7.22. The predicted octanol–water partition coefficient (Wildman–Crippen LogP) is 2.96. The van der Waals surface area contributed by atoms with Crippen molar-refractivity contribution in [1.29, 1.82) is 0 Å². The van der Waals surface area contributed by atoms with Gasteiger partial charge in [-0.2, -0.15) is 0 Å². The zero-order valence-electron chi connectivity index (χ0n) is 9.66. The minimum atomic E-state index is 0.785. The number of nitrogens with two attached hydrogens (primary N) is 1. The monoisotopic (exact) mass is 204 g/mol. The van der Waals surface area contributed by atoms with Crippen LogP contribution in [0.2, 0.25) is 0 Å². The quantitative estimate of drug-likeness (QED) is 0.764. The van der Waals surface area contributed by atoms with Crippen LogP contribution in [-0.4, -0.2) is 12.6 Å². The fourth-order valence-electron chi connectivity index (χ4n) is 2.13. The number of hydrogen-bond donors (Lipinski definition) is 1. The van der Waals surface area contributed by atoms with Gasteiger partial charge in [0.1, 0.15) is 0 Å². The molecule has 0 saturated heterocycles. The van der Waals surface area contributed by atoms with Crippen molar-refractivity contribution < 1.29 is 0 Å². The summed E-state index contributed by atoms with van der Waals surface area (Å²) in [5, 5.41) is 0. The molecule has 1 aliphatic rings. The number of rotatable bonds is 4. The van der Waals surface area contributed by atoms with Crippen LogP contribution in [-0.2, 0) is 0 Å². The SMILES string of the molecule is CCCN(c1ccc(N)cc1C)C1CC1. The lowest BCUT2D eigenvalue weighted by atomic mass is 10.1. The third kappa shape index (κ3) is 2.25. The van der Waals surface area contributed by atoms with Crippen LogP contribution >= 0.6 is 0 Å². The molecule has 2 rings (SSSR count). The van der Waals surface area contributed by atoms with Crippen molar-refractivity contribution in [2.24, 2.45) is 0 Å². The second-order valence-electron chi connectivity index (χ2n) is 4.47. The lowest BCUT2D eigenvalue weighted by molar-refractivity contribution is 0.760. The van der Waals surface area contributed by atoms with Crippen LogP contribution in [0.25, 0.3) is 0 Å². The Morgan fingerprint density at radius 1 is 1.40 bits per heavy atom. The summed E-state index contributed by atoms with van der Waals surface area (Å²) in [6.07, 6.45) is 3.91. The maximum absolute atomic E-state index is 5.77. The van der Waals surface area contributed by atoms with E-state index in [1.807, 2.05) is 6.07 Å². The lowest BCUT2D eigenvalue weighted by Crippen LogP contribution is -2.27. The van der Waals surface area contributed by atoms with Crippen molar-refractivity contribution in [3.63, 3.8) is 0 Å². The number of anilines is 2. The summed E-state index contributed by atoms with van der Waals surface area (Å²) in [5.41, 5.74) is 9.31. The summed E-state index contributed by atoms with van der Waals surface area (Å²) in [7, 11) is 0. The van der Waals surface area contributed by atoms with Gasteiger partial charge in [-0.1, -0.05) is 6.92 Å². The standard InChI is InChI=1S/C13H20N2/c1-3-8-15(12-5-6-12)13-7-4-11(14)9-10(13)2/h4,7,9,12H,3,5-6,8,14H2,1-2H3. The molecule has 15 heavy (non-hydrogen) atoms. The maximum Gasteiger partial charge on any atom is 0.0399 e. The Morgan fingerprint density at radius 2 is 2.13 bits per heavy atom. The molecule has 0 heterocycles. The number of benzene rings is 1. The van der Waals surface area contributed by atoms with Crippen LogP contribution in [0.1, 0.15) is 31.7 Å². The smallest absolute Gasteiger partial charge is 0.0399 e. The Bertz CT molecular complexity index is 342. The molecule has 1 aromatic carbocycles. The van der Waals surface area contributed by atoms with Crippen molar-refractivity contribution >= 4 is 11.4 Å². The van der Waals surface area contributed by atoms with Crippen LogP contribution in [0.4, 0.5) is 11.4 Å². The van der Waals surface area contributed by atoms with E-state index in [0.717, 1.165) is 18.3 Å². The summed E-state index contributed by atoms with van der Waals surface area (Å²) in [5.74, 6) is 0. The molecule has 1 aliphatic carbocycles. The van der Waals surface area contributed by atoms with E-state index >= 15 is 0 Å². The summed E-state index contributed by atoms with van der Waals surface area (Å²) in [6, 6.07) is 7.03. The highest BCUT2D eigenvalue weighted by molar-refractivity contribution is 5.60. The molecule has 0 radical (unpaired) electrons. The van der Waals surface area contributed by atoms with Gasteiger partial charge in [0, 0.05) is 24.0 Å². The van der Waals surface area contributed by atoms with E-state index in [0.29, 0.717) is 0 Å². The van der Waals surface area contributed by atoms with Crippen LogP contribution in [0.15, 0.2) is 18.2 Å². The third-order valence-electron chi connectivity index (χ3n) is 2.98. The van der Waals surface area contributed by atoms with Crippen LogP contribution in [0, 0.1) is 6.92 Å². The van der Waals surface area contributed by atoms with Crippen molar-refractivity contribution in [3.8, 4) is 0 Å². The Hall–Kier alpha value is -1.18. The number of aryl methyl sites for hydroxylation is 1. The molecule has 1 saturated carbocycles. The minimum Gasteiger partial charge on any atom is -0.399 e. The van der Waals surface area contributed by atoms with Crippen molar-refractivity contribution in [3.05, 3.63) is 23.8 Å². The first-order valence-electron chi connectivity index (χ1n) is 5.85. The second-order valence-corrected chi connectivity index (χ2v) is 4.47. The van der Waals surface area contributed by atoms with Crippen LogP contribution < -0.4 is 10.6 Å². The summed E-state index contributed by atoms with van der Waals surface area (Å²) in [6.45, 7) is 5.55. The van der Waals surface area contributed by atoms with Gasteiger partial charge in [-0.25, -0.2) is 0 Å². The Balaban J connectivity index is 2.24. The molecule has 0 aromatic heterocycles. The highest BCUT2D eigenvalue weighted by atomic mass is 15.2. The van der Waals surface area contributed by atoms with E-state index in [2.05, 4.69) is 30.9 Å². The minimum absolute atomic E-state index is 0.785. The van der Waals surface area contributed by atoms with E-state index in [-0.39, 0.29) is 0 Å². The van der Waals surface area contributed by atoms with Crippen molar-refractivity contribution in [1.82, 2.24) is 0 Å². The molecular formula is C13H20N2. The van der Waals surface area contributed by atoms with Gasteiger partial charge in [-0.05, 0) is 49.9 Å². The maximum atomic E-state index is 5.77. The Morgan fingerprint density at radius 3 is 2.67 bits per heavy atom. The summed E-state index contributed by atoms with van der Waals surface area (Å²) < 4.78 is 0. The zero-order valence-corrected chi connectivity index (χ0v) is 9.66. The molecule has 2 N–H and O–H groups in total. The van der Waals surface area contributed by atoms with Crippen LogP contribution in [0.3, 0.4) is 0 Å². The molecule has 0 spiro atoms. The molecule has 0 atom stereocenters. The van der Waals surface area contributed by atoms with Gasteiger partial charge in [-0.3, -0.25) is 0 Å². The van der Waals surface area contributed by atoms with Gasteiger partial charge in [0.15, 0.2) is 0 Å². The predicted molar refractivity (Wildman–Crippen MR) is 66.3 cm³/mol. The molecular weight excluding hydrogens is 184 g/mol. The average Bonchev–Trinajstić information content (AvgIpc) is 2.98. The Labute approximate surface area is 92.1 Å². The third-order valence-corrected chi connectivity index (χ3v) is 2.98. The molecule has 2 heteroatoms. The van der Waals surface area contributed by atoms with Gasteiger partial charge in [0.25, 0.3) is 0 Å². The second kappa shape index (κ2) is 4.13. The van der Waals surface area contributed by atoms with E-state index < -0.39 is 0 Å². The fraction of sp³-hybridized carbons (Fsp3) is 0.538. The van der Waals surface area contributed by atoms with Crippen molar-refractivity contribution in [2.45, 2.75) is 39.2 Å². The lowest BCUT2D eigenvalue weighted by Gasteiger charge is -2.26. The average molecular weight is 204 g/mol. The molecule has 0 bridgehead atoms. The van der Waals surface area contributed by atoms with E-state index in [1.54, 1.807) is 0 Å². The number of nitrogens with zero attached hydrogens (tertiary/aromatic N) is 1. The number of hydrogen-bond acceptors (Lipinski definition) is 2. The highest BCUT2D eigenvalue weighted by Crippen LogP contribution is 2.34. The first-order valence-corrected chi connectivity index (χ1v) is 5.85. The normalized spacial score (nSPS) is 15.3. The molecule has 0 unspecified atom stereocenters. The molecule has 1 aromatic rings. The topological polar surface area (TPSA) is 29.3 Å². The van der Waals surface area contributed by atoms with Crippen LogP contribution in [0.5, 0.6) is 0 Å². The molecule has 82 valence electrons. The molecule has 1 fully saturated rings. The molecule has 0 aliphatic heterocycles. The molecule has 2 nitrogen and oxygen atoms in total. The molecule has 0 amide bonds. The van der Waals surface area contributed by atoms with E-state index in [9.17, 15) is 0 Å². The zero-order chi connectivity index (χ0) is 10.8. The fourth-order valence-corrected chi connectivity index (χ4v) is 2.13. The van der Waals surface area contributed by atoms with E-state index in [1.165, 1.54) is 30.5 Å². The summed E-state index contributed by atoms with van der Waals surface area (Å²) in [4.78, 5) is 2.54. The van der Waals surface area contributed by atoms with Crippen molar-refractivity contribution in [2.75, 3.05) is 17.2 Å². The van der Waals surface area contributed by atoms with E-state index in [4.69, 9.17) is 5.73 Å². The Kier molecular flexibility index (Phi) is 2.85. The van der Waals surface area contributed by atoms with Gasteiger partial charge in [0.2, 0.25) is 0 Å². The largest absolute Gasteiger partial charge is 0.399 e. The first kappa shape index (κ1) is 10.3. The van der Waals surface area contributed by atoms with Gasteiger partial charge >= 0.3 is 0 Å².